The molecule has 124 valence electrons. The van der Waals surface area contributed by atoms with Gasteiger partial charge in [-0.25, -0.2) is 0 Å². The molecule has 0 saturated heterocycles. The normalized spacial score (nSPS) is 12.2. The monoisotopic (exact) mass is 310 g/mol. The van der Waals surface area contributed by atoms with Gasteiger partial charge in [-0.3, -0.25) is 10.1 Å². The lowest BCUT2D eigenvalue weighted by Crippen LogP contribution is -2.38. The topological polar surface area (TPSA) is 86.8 Å². The second kappa shape index (κ2) is 7.67. The first-order valence-corrected chi connectivity index (χ1v) is 7.40. The van der Waals surface area contributed by atoms with E-state index in [1.165, 1.54) is 0 Å². The average molecular weight is 310 g/mol. The fourth-order valence-electron chi connectivity index (χ4n) is 2.50. The smallest absolute Gasteiger partial charge is 0.273 e. The third-order valence-electron chi connectivity index (χ3n) is 3.78. The standard InChI is InChI=1S/C16H26N2O4/c1-12(2)14-6-5-13(7-15(14)18(21)22)8-17(4)9-16(3,10-19)11-20/h5-7,12,19-20H,8-11H2,1-4H3. The van der Waals surface area contributed by atoms with Gasteiger partial charge >= 0.3 is 0 Å². The van der Waals surface area contributed by atoms with Gasteiger partial charge in [0.25, 0.3) is 5.69 Å². The van der Waals surface area contributed by atoms with E-state index in [-0.39, 0.29) is 29.7 Å². The minimum Gasteiger partial charge on any atom is -0.396 e. The van der Waals surface area contributed by atoms with Crippen LogP contribution in [0.5, 0.6) is 0 Å². The SMILES string of the molecule is CC(C)c1ccc(CN(C)CC(C)(CO)CO)cc1[N+](=O)[O-]. The Balaban J connectivity index is 2.90. The molecule has 0 aliphatic heterocycles. The predicted molar refractivity (Wildman–Crippen MR) is 85.8 cm³/mol. The van der Waals surface area contributed by atoms with Gasteiger partial charge in [-0.05, 0) is 18.5 Å². The van der Waals surface area contributed by atoms with E-state index in [1.807, 2.05) is 37.9 Å². The Morgan fingerprint density at radius 3 is 2.36 bits per heavy atom. The number of aliphatic hydroxyl groups excluding tert-OH is 2. The summed E-state index contributed by atoms with van der Waals surface area (Å²) in [7, 11) is 1.87. The molecular weight excluding hydrogens is 284 g/mol. The van der Waals surface area contributed by atoms with Crippen LogP contribution in [0.15, 0.2) is 18.2 Å². The fraction of sp³-hybridized carbons (Fsp3) is 0.625. The van der Waals surface area contributed by atoms with Gasteiger partial charge in [-0.1, -0.05) is 32.9 Å². The summed E-state index contributed by atoms with van der Waals surface area (Å²) < 4.78 is 0. The molecule has 6 nitrogen and oxygen atoms in total. The summed E-state index contributed by atoms with van der Waals surface area (Å²) in [6, 6.07) is 5.32. The summed E-state index contributed by atoms with van der Waals surface area (Å²) in [6.45, 7) is 6.47. The molecule has 6 heteroatoms. The predicted octanol–water partition coefficient (Wildman–Crippen LogP) is 2.14. The summed E-state index contributed by atoms with van der Waals surface area (Å²) in [5, 5.41) is 29.9. The van der Waals surface area contributed by atoms with Crippen LogP contribution in [0.4, 0.5) is 5.69 Å². The summed E-state index contributed by atoms with van der Waals surface area (Å²) >= 11 is 0. The van der Waals surface area contributed by atoms with Crippen LogP contribution in [-0.2, 0) is 6.54 Å². The van der Waals surface area contributed by atoms with Crippen LogP contribution in [0.3, 0.4) is 0 Å². The van der Waals surface area contributed by atoms with E-state index in [0.29, 0.717) is 13.1 Å². The van der Waals surface area contributed by atoms with Crippen LogP contribution >= 0.6 is 0 Å². The number of nitrogens with zero attached hydrogens (tertiary/aromatic N) is 2. The van der Waals surface area contributed by atoms with Crippen molar-refractivity contribution >= 4 is 5.69 Å². The van der Waals surface area contributed by atoms with Crippen molar-refractivity contribution in [2.24, 2.45) is 5.41 Å². The van der Waals surface area contributed by atoms with E-state index < -0.39 is 5.41 Å². The molecule has 0 atom stereocenters. The van der Waals surface area contributed by atoms with Crippen molar-refractivity contribution < 1.29 is 15.1 Å². The maximum absolute atomic E-state index is 11.2. The number of hydrogen-bond donors (Lipinski definition) is 2. The van der Waals surface area contributed by atoms with E-state index in [2.05, 4.69) is 0 Å². The minimum absolute atomic E-state index is 0.0965. The Morgan fingerprint density at radius 2 is 1.91 bits per heavy atom. The first-order chi connectivity index (χ1) is 10.2. The Morgan fingerprint density at radius 1 is 1.32 bits per heavy atom. The van der Waals surface area contributed by atoms with Crippen LogP contribution in [0, 0.1) is 15.5 Å². The van der Waals surface area contributed by atoms with Crippen molar-refractivity contribution in [3.05, 3.63) is 39.4 Å². The maximum atomic E-state index is 11.2. The van der Waals surface area contributed by atoms with E-state index in [0.717, 1.165) is 11.1 Å². The lowest BCUT2D eigenvalue weighted by atomic mass is 9.92. The molecule has 0 radical (unpaired) electrons. The number of benzene rings is 1. The Hall–Kier alpha value is -1.50. The fourth-order valence-corrected chi connectivity index (χ4v) is 2.50. The van der Waals surface area contributed by atoms with Crippen molar-refractivity contribution in [3.63, 3.8) is 0 Å². The van der Waals surface area contributed by atoms with Crippen molar-refractivity contribution in [2.45, 2.75) is 33.2 Å². The third kappa shape index (κ3) is 4.76. The number of nitro benzene ring substituents is 1. The van der Waals surface area contributed by atoms with Crippen LogP contribution in [-0.4, -0.2) is 46.8 Å². The molecule has 0 aliphatic rings. The minimum atomic E-state index is -0.585. The van der Waals surface area contributed by atoms with E-state index in [4.69, 9.17) is 0 Å². The van der Waals surface area contributed by atoms with Gasteiger partial charge < -0.3 is 15.1 Å². The molecule has 22 heavy (non-hydrogen) atoms. The number of aliphatic hydroxyl groups is 2. The molecule has 1 aromatic carbocycles. The van der Waals surface area contributed by atoms with Gasteiger partial charge in [-0.2, -0.15) is 0 Å². The van der Waals surface area contributed by atoms with Crippen LogP contribution in [0.2, 0.25) is 0 Å². The molecule has 0 heterocycles. The molecule has 0 amide bonds. The number of hydrogen-bond acceptors (Lipinski definition) is 5. The molecule has 1 rings (SSSR count). The number of rotatable bonds is 8. The molecule has 0 fully saturated rings. The van der Waals surface area contributed by atoms with E-state index in [1.54, 1.807) is 13.0 Å². The van der Waals surface area contributed by atoms with Crippen molar-refractivity contribution in [3.8, 4) is 0 Å². The third-order valence-corrected chi connectivity index (χ3v) is 3.78. The van der Waals surface area contributed by atoms with Gasteiger partial charge in [0, 0.05) is 30.1 Å². The zero-order valence-electron chi connectivity index (χ0n) is 13.7. The molecule has 0 saturated carbocycles. The largest absolute Gasteiger partial charge is 0.396 e. The highest BCUT2D eigenvalue weighted by molar-refractivity contribution is 5.45. The quantitative estimate of drug-likeness (QED) is 0.567. The molecular formula is C16H26N2O4. The van der Waals surface area contributed by atoms with E-state index >= 15 is 0 Å². The number of nitro groups is 1. The summed E-state index contributed by atoms with van der Waals surface area (Å²) in [6.07, 6.45) is 0. The van der Waals surface area contributed by atoms with Crippen molar-refractivity contribution in [1.29, 1.82) is 0 Å². The van der Waals surface area contributed by atoms with Gasteiger partial charge in [0.05, 0.1) is 18.1 Å². The lowest BCUT2D eigenvalue weighted by molar-refractivity contribution is -0.385. The summed E-state index contributed by atoms with van der Waals surface area (Å²) in [5.41, 5.74) is 1.13. The first kappa shape index (κ1) is 18.5. The molecule has 2 N–H and O–H groups in total. The van der Waals surface area contributed by atoms with Crippen LogP contribution < -0.4 is 0 Å². The van der Waals surface area contributed by atoms with Gasteiger partial charge in [0.1, 0.15) is 0 Å². The lowest BCUT2D eigenvalue weighted by Gasteiger charge is -2.30. The van der Waals surface area contributed by atoms with Gasteiger partial charge in [0.2, 0.25) is 0 Å². The summed E-state index contributed by atoms with van der Waals surface area (Å²) in [5.74, 6) is 0.0965. The highest BCUT2D eigenvalue weighted by Crippen LogP contribution is 2.28. The van der Waals surface area contributed by atoms with Gasteiger partial charge in [0.15, 0.2) is 0 Å². The second-order valence-electron chi connectivity index (χ2n) is 6.60. The Labute approximate surface area is 131 Å². The molecule has 0 aromatic heterocycles. The van der Waals surface area contributed by atoms with Crippen LogP contribution in [0.1, 0.15) is 37.8 Å². The molecule has 0 aliphatic carbocycles. The highest BCUT2D eigenvalue weighted by atomic mass is 16.6. The molecule has 1 aromatic rings. The summed E-state index contributed by atoms with van der Waals surface area (Å²) in [4.78, 5) is 12.8. The van der Waals surface area contributed by atoms with Crippen molar-refractivity contribution in [2.75, 3.05) is 26.8 Å². The van der Waals surface area contributed by atoms with Crippen molar-refractivity contribution in [1.82, 2.24) is 4.90 Å². The zero-order chi connectivity index (χ0) is 16.9. The second-order valence-corrected chi connectivity index (χ2v) is 6.60. The molecule has 0 spiro atoms. The Bertz CT molecular complexity index is 513. The van der Waals surface area contributed by atoms with E-state index in [9.17, 15) is 20.3 Å². The first-order valence-electron chi connectivity index (χ1n) is 7.40. The maximum Gasteiger partial charge on any atom is 0.273 e. The van der Waals surface area contributed by atoms with Crippen LogP contribution in [0.25, 0.3) is 0 Å². The molecule has 0 unspecified atom stereocenters. The average Bonchev–Trinajstić information content (AvgIpc) is 2.46. The zero-order valence-corrected chi connectivity index (χ0v) is 13.7. The van der Waals surface area contributed by atoms with Gasteiger partial charge in [-0.15, -0.1) is 0 Å². The Kier molecular flexibility index (Phi) is 6.47. The molecule has 0 bridgehead atoms. The highest BCUT2D eigenvalue weighted by Gasteiger charge is 2.25.